The van der Waals surface area contributed by atoms with Gasteiger partial charge in [-0.3, -0.25) is 0 Å². The second kappa shape index (κ2) is 5.65. The van der Waals surface area contributed by atoms with E-state index in [-0.39, 0.29) is 23.2 Å². The van der Waals surface area contributed by atoms with Gasteiger partial charge < -0.3 is 15.8 Å². The van der Waals surface area contributed by atoms with Gasteiger partial charge in [-0.05, 0) is 13.8 Å². The molecule has 1 aromatic carbocycles. The SMILES string of the molecule is CC(C)Oc1cc(NCC(F)F)c(N)cc1F. The summed E-state index contributed by atoms with van der Waals surface area (Å²) in [6.07, 6.45) is -2.72. The molecule has 17 heavy (non-hydrogen) atoms. The monoisotopic (exact) mass is 248 g/mol. The first-order chi connectivity index (χ1) is 7.90. The number of rotatable bonds is 5. The molecule has 0 aliphatic rings. The van der Waals surface area contributed by atoms with Crippen LogP contribution in [0.15, 0.2) is 12.1 Å². The van der Waals surface area contributed by atoms with Gasteiger partial charge in [-0.2, -0.15) is 0 Å². The molecule has 0 aliphatic carbocycles. The van der Waals surface area contributed by atoms with E-state index in [1.807, 2.05) is 0 Å². The van der Waals surface area contributed by atoms with Gasteiger partial charge in [-0.1, -0.05) is 0 Å². The van der Waals surface area contributed by atoms with Crippen molar-refractivity contribution < 1.29 is 17.9 Å². The highest BCUT2D eigenvalue weighted by molar-refractivity contribution is 5.68. The molecule has 0 aliphatic heterocycles. The molecule has 3 nitrogen and oxygen atoms in total. The molecule has 0 aromatic heterocycles. The zero-order valence-electron chi connectivity index (χ0n) is 9.64. The molecule has 0 amide bonds. The van der Waals surface area contributed by atoms with Crippen molar-refractivity contribution in [1.29, 1.82) is 0 Å². The van der Waals surface area contributed by atoms with Gasteiger partial charge in [0.1, 0.15) is 0 Å². The number of halogens is 3. The maximum Gasteiger partial charge on any atom is 0.255 e. The van der Waals surface area contributed by atoms with Crippen molar-refractivity contribution in [1.82, 2.24) is 0 Å². The molecule has 0 fully saturated rings. The Bertz CT molecular complexity index is 383. The maximum absolute atomic E-state index is 13.4. The predicted molar refractivity (Wildman–Crippen MR) is 61.1 cm³/mol. The van der Waals surface area contributed by atoms with Gasteiger partial charge in [-0.25, -0.2) is 13.2 Å². The van der Waals surface area contributed by atoms with Crippen molar-refractivity contribution in [2.24, 2.45) is 0 Å². The normalized spacial score (nSPS) is 11.0. The largest absolute Gasteiger partial charge is 0.488 e. The summed E-state index contributed by atoms with van der Waals surface area (Å²) >= 11 is 0. The lowest BCUT2D eigenvalue weighted by atomic mass is 10.2. The number of ether oxygens (including phenoxy) is 1. The van der Waals surface area contributed by atoms with Crippen molar-refractivity contribution in [2.75, 3.05) is 17.6 Å². The number of hydrogen-bond donors (Lipinski definition) is 2. The second-order valence-electron chi connectivity index (χ2n) is 3.81. The van der Waals surface area contributed by atoms with Crippen LogP contribution in [-0.4, -0.2) is 19.1 Å². The third kappa shape index (κ3) is 4.05. The summed E-state index contributed by atoms with van der Waals surface area (Å²) in [7, 11) is 0. The lowest BCUT2D eigenvalue weighted by molar-refractivity contribution is 0.163. The fourth-order valence-electron chi connectivity index (χ4n) is 1.25. The van der Waals surface area contributed by atoms with Crippen LogP contribution >= 0.6 is 0 Å². The zero-order chi connectivity index (χ0) is 13.0. The first-order valence-electron chi connectivity index (χ1n) is 5.18. The highest BCUT2D eigenvalue weighted by atomic mass is 19.3. The van der Waals surface area contributed by atoms with Gasteiger partial charge in [0.15, 0.2) is 11.6 Å². The van der Waals surface area contributed by atoms with Crippen molar-refractivity contribution in [2.45, 2.75) is 26.4 Å². The summed E-state index contributed by atoms with van der Waals surface area (Å²) in [5.74, 6) is -0.621. The van der Waals surface area contributed by atoms with E-state index < -0.39 is 18.8 Å². The molecular weight excluding hydrogens is 233 g/mol. The summed E-state index contributed by atoms with van der Waals surface area (Å²) in [5, 5.41) is 2.43. The third-order valence-corrected chi connectivity index (χ3v) is 1.91. The lowest BCUT2D eigenvalue weighted by Crippen LogP contribution is -2.13. The smallest absolute Gasteiger partial charge is 0.255 e. The molecule has 0 spiro atoms. The molecule has 3 N–H and O–H groups in total. The number of nitrogens with two attached hydrogens (primary N) is 1. The Morgan fingerprint density at radius 3 is 2.53 bits per heavy atom. The summed E-state index contributed by atoms with van der Waals surface area (Å²) in [5.41, 5.74) is 5.81. The molecule has 1 rings (SSSR count). The molecule has 96 valence electrons. The molecule has 0 saturated heterocycles. The third-order valence-electron chi connectivity index (χ3n) is 1.91. The fraction of sp³-hybridized carbons (Fsp3) is 0.455. The second-order valence-corrected chi connectivity index (χ2v) is 3.81. The van der Waals surface area contributed by atoms with Crippen LogP contribution in [0.1, 0.15) is 13.8 Å². The highest BCUT2D eigenvalue weighted by Gasteiger charge is 2.11. The molecule has 0 heterocycles. The van der Waals surface area contributed by atoms with Crippen LogP contribution in [0.2, 0.25) is 0 Å². The average Bonchev–Trinajstić information content (AvgIpc) is 2.19. The molecular formula is C11H15F3N2O. The molecule has 0 bridgehead atoms. The molecule has 0 unspecified atom stereocenters. The van der Waals surface area contributed by atoms with Crippen molar-refractivity contribution in [3.63, 3.8) is 0 Å². The number of benzene rings is 1. The summed E-state index contributed by atoms with van der Waals surface area (Å²) in [6, 6.07) is 2.33. The van der Waals surface area contributed by atoms with E-state index in [2.05, 4.69) is 5.32 Å². The Kier molecular flexibility index (Phi) is 4.48. The predicted octanol–water partition coefficient (Wildman–Crippen LogP) is 2.87. The minimum Gasteiger partial charge on any atom is -0.488 e. The van der Waals surface area contributed by atoms with Crippen LogP contribution < -0.4 is 15.8 Å². The van der Waals surface area contributed by atoms with Gasteiger partial charge in [0.2, 0.25) is 0 Å². The number of anilines is 2. The van der Waals surface area contributed by atoms with Crippen LogP contribution in [0.25, 0.3) is 0 Å². The van der Waals surface area contributed by atoms with E-state index in [1.165, 1.54) is 6.07 Å². The van der Waals surface area contributed by atoms with E-state index in [1.54, 1.807) is 13.8 Å². The number of nitrogen functional groups attached to an aromatic ring is 1. The quantitative estimate of drug-likeness (QED) is 0.788. The Balaban J connectivity index is 2.89. The average molecular weight is 248 g/mol. The maximum atomic E-state index is 13.4. The zero-order valence-corrected chi connectivity index (χ0v) is 9.64. The minimum atomic E-state index is -2.51. The van der Waals surface area contributed by atoms with E-state index in [0.717, 1.165) is 6.07 Å². The van der Waals surface area contributed by atoms with Crippen LogP contribution in [0.5, 0.6) is 5.75 Å². The first-order valence-corrected chi connectivity index (χ1v) is 5.18. The number of alkyl halides is 2. The Labute approximate surface area is 97.8 Å². The minimum absolute atomic E-state index is 0.00836. The number of hydrogen-bond acceptors (Lipinski definition) is 3. The van der Waals surface area contributed by atoms with Gasteiger partial charge in [0, 0.05) is 12.1 Å². The Morgan fingerprint density at radius 2 is 2.00 bits per heavy atom. The molecule has 0 radical (unpaired) electrons. The van der Waals surface area contributed by atoms with Crippen LogP contribution in [0.4, 0.5) is 24.5 Å². The summed E-state index contributed by atoms with van der Waals surface area (Å²) in [6.45, 7) is 2.93. The fourth-order valence-corrected chi connectivity index (χ4v) is 1.25. The van der Waals surface area contributed by atoms with Gasteiger partial charge in [-0.15, -0.1) is 0 Å². The summed E-state index contributed by atoms with van der Waals surface area (Å²) in [4.78, 5) is 0. The number of nitrogens with one attached hydrogen (secondary N) is 1. The highest BCUT2D eigenvalue weighted by Crippen LogP contribution is 2.28. The lowest BCUT2D eigenvalue weighted by Gasteiger charge is -2.14. The van der Waals surface area contributed by atoms with Gasteiger partial charge in [0.05, 0.1) is 24.0 Å². The van der Waals surface area contributed by atoms with E-state index in [4.69, 9.17) is 10.5 Å². The van der Waals surface area contributed by atoms with Crippen molar-refractivity contribution in [3.05, 3.63) is 17.9 Å². The van der Waals surface area contributed by atoms with E-state index >= 15 is 0 Å². The van der Waals surface area contributed by atoms with Crippen LogP contribution in [-0.2, 0) is 0 Å². The Morgan fingerprint density at radius 1 is 1.35 bits per heavy atom. The molecule has 1 aromatic rings. The van der Waals surface area contributed by atoms with Gasteiger partial charge >= 0.3 is 0 Å². The topological polar surface area (TPSA) is 47.3 Å². The standard InChI is InChI=1S/C11H15F3N2O/c1-6(2)17-10-4-9(16-5-11(13)14)8(15)3-7(10)12/h3-4,6,11,16H,5,15H2,1-2H3. The van der Waals surface area contributed by atoms with Crippen molar-refractivity contribution >= 4 is 11.4 Å². The molecule has 6 heteroatoms. The van der Waals surface area contributed by atoms with E-state index in [0.29, 0.717) is 0 Å². The molecule has 0 saturated carbocycles. The summed E-state index contributed by atoms with van der Waals surface area (Å²) < 4.78 is 42.7. The molecule has 0 atom stereocenters. The Hall–Kier alpha value is -1.59. The van der Waals surface area contributed by atoms with Crippen molar-refractivity contribution in [3.8, 4) is 5.75 Å². The first kappa shape index (κ1) is 13.5. The van der Waals surface area contributed by atoms with Crippen LogP contribution in [0, 0.1) is 5.82 Å². The van der Waals surface area contributed by atoms with E-state index in [9.17, 15) is 13.2 Å². The van der Waals surface area contributed by atoms with Gasteiger partial charge in [0.25, 0.3) is 6.43 Å². The van der Waals surface area contributed by atoms with Crippen LogP contribution in [0.3, 0.4) is 0 Å².